The molecule has 6 heteroatoms. The zero-order chi connectivity index (χ0) is 15.4. The minimum atomic E-state index is -0.225. The first-order valence-electron chi connectivity index (χ1n) is 6.99. The third kappa shape index (κ3) is 3.45. The van der Waals surface area contributed by atoms with Gasteiger partial charge in [0.1, 0.15) is 5.75 Å². The summed E-state index contributed by atoms with van der Waals surface area (Å²) < 4.78 is 5.06. The van der Waals surface area contributed by atoms with Gasteiger partial charge in [-0.15, -0.1) is 0 Å². The molecule has 6 nitrogen and oxygen atoms in total. The van der Waals surface area contributed by atoms with Crippen LogP contribution in [0.15, 0.2) is 18.2 Å². The lowest BCUT2D eigenvalue weighted by atomic mass is 10.1. The molecule has 0 aromatic heterocycles. The fraction of sp³-hybridized carbons (Fsp3) is 0.467. The summed E-state index contributed by atoms with van der Waals surface area (Å²) in [6, 6.07) is 4.87. The molecule has 0 atom stereocenters. The van der Waals surface area contributed by atoms with Crippen LogP contribution in [0.25, 0.3) is 0 Å². The molecule has 1 aromatic rings. The molecule has 0 saturated carbocycles. The Bertz CT molecular complexity index is 539. The van der Waals surface area contributed by atoms with Gasteiger partial charge in [0.15, 0.2) is 0 Å². The van der Waals surface area contributed by atoms with Crippen molar-refractivity contribution in [1.82, 2.24) is 9.80 Å². The molecule has 0 unspecified atom stereocenters. The number of amides is 2. The highest BCUT2D eigenvalue weighted by molar-refractivity contribution is 5.97. The van der Waals surface area contributed by atoms with Gasteiger partial charge >= 0.3 is 0 Å². The summed E-state index contributed by atoms with van der Waals surface area (Å²) in [5, 5.41) is 0. The molecular weight excluding hydrogens is 270 g/mol. The summed E-state index contributed by atoms with van der Waals surface area (Å²) in [6.07, 6.45) is 2.08. The van der Waals surface area contributed by atoms with E-state index >= 15 is 0 Å². The molecule has 0 bridgehead atoms. The predicted molar refractivity (Wildman–Crippen MR) is 80.2 cm³/mol. The van der Waals surface area contributed by atoms with Crippen molar-refractivity contribution in [2.24, 2.45) is 0 Å². The second-order valence-corrected chi connectivity index (χ2v) is 5.21. The van der Waals surface area contributed by atoms with E-state index in [0.29, 0.717) is 17.0 Å². The van der Waals surface area contributed by atoms with E-state index in [1.807, 2.05) is 0 Å². The lowest BCUT2D eigenvalue weighted by Crippen LogP contribution is -2.39. The van der Waals surface area contributed by atoms with Crippen molar-refractivity contribution in [1.29, 1.82) is 0 Å². The van der Waals surface area contributed by atoms with Crippen LogP contribution in [-0.2, 0) is 4.79 Å². The van der Waals surface area contributed by atoms with Gasteiger partial charge in [-0.05, 0) is 31.0 Å². The van der Waals surface area contributed by atoms with E-state index in [1.165, 1.54) is 12.0 Å². The van der Waals surface area contributed by atoms with E-state index < -0.39 is 0 Å². The van der Waals surface area contributed by atoms with Crippen LogP contribution < -0.4 is 10.5 Å². The van der Waals surface area contributed by atoms with Crippen molar-refractivity contribution >= 4 is 17.5 Å². The number of likely N-dealkylation sites (tertiary alicyclic amines) is 1. The van der Waals surface area contributed by atoms with Crippen LogP contribution in [0, 0.1) is 0 Å². The number of benzene rings is 1. The second kappa shape index (κ2) is 6.47. The van der Waals surface area contributed by atoms with E-state index in [9.17, 15) is 9.59 Å². The van der Waals surface area contributed by atoms with Crippen molar-refractivity contribution in [2.45, 2.75) is 12.8 Å². The first-order valence-corrected chi connectivity index (χ1v) is 6.99. The van der Waals surface area contributed by atoms with Crippen LogP contribution in [-0.4, -0.2) is 55.4 Å². The lowest BCUT2D eigenvalue weighted by Gasteiger charge is -2.21. The van der Waals surface area contributed by atoms with Gasteiger partial charge < -0.3 is 20.3 Å². The minimum absolute atomic E-state index is 0.00941. The third-order valence-electron chi connectivity index (χ3n) is 3.65. The van der Waals surface area contributed by atoms with Crippen molar-refractivity contribution < 1.29 is 14.3 Å². The standard InChI is InChI=1S/C15H21N3O3/c1-17(10-14(19)18-7-3-4-8-18)15(20)11-5-6-13(21-2)12(16)9-11/h5-6,9H,3-4,7-8,10,16H2,1-2H3. The molecule has 1 aliphatic heterocycles. The van der Waals surface area contributed by atoms with Crippen molar-refractivity contribution in [3.63, 3.8) is 0 Å². The number of nitrogen functional groups attached to an aromatic ring is 1. The van der Waals surface area contributed by atoms with Crippen molar-refractivity contribution in [2.75, 3.05) is 39.5 Å². The SMILES string of the molecule is COc1ccc(C(=O)N(C)CC(=O)N2CCCC2)cc1N. The number of carbonyl (C=O) groups excluding carboxylic acids is 2. The van der Waals surface area contributed by atoms with Crippen LogP contribution in [0.3, 0.4) is 0 Å². The van der Waals surface area contributed by atoms with Gasteiger partial charge in [0, 0.05) is 25.7 Å². The number of ether oxygens (including phenoxy) is 1. The van der Waals surface area contributed by atoms with Gasteiger partial charge in [-0.1, -0.05) is 0 Å². The molecule has 21 heavy (non-hydrogen) atoms. The lowest BCUT2D eigenvalue weighted by molar-refractivity contribution is -0.130. The average molecular weight is 291 g/mol. The Morgan fingerprint density at radius 3 is 2.57 bits per heavy atom. The number of carbonyl (C=O) groups is 2. The van der Waals surface area contributed by atoms with Gasteiger partial charge in [-0.2, -0.15) is 0 Å². The van der Waals surface area contributed by atoms with Gasteiger partial charge in [0.2, 0.25) is 5.91 Å². The number of rotatable bonds is 4. The molecule has 1 heterocycles. The number of hydrogen-bond donors (Lipinski definition) is 1. The van der Waals surface area contributed by atoms with Crippen LogP contribution in [0.5, 0.6) is 5.75 Å². The number of anilines is 1. The number of likely N-dealkylation sites (N-methyl/N-ethyl adjacent to an activating group) is 1. The van der Waals surface area contributed by atoms with E-state index in [4.69, 9.17) is 10.5 Å². The summed E-state index contributed by atoms with van der Waals surface area (Å²) in [4.78, 5) is 27.6. The summed E-state index contributed by atoms with van der Waals surface area (Å²) in [7, 11) is 3.14. The Morgan fingerprint density at radius 1 is 1.33 bits per heavy atom. The Hall–Kier alpha value is -2.24. The van der Waals surface area contributed by atoms with Crippen molar-refractivity contribution in [3.05, 3.63) is 23.8 Å². The molecule has 1 aromatic carbocycles. The molecule has 0 spiro atoms. The molecule has 0 radical (unpaired) electrons. The van der Waals surface area contributed by atoms with Gasteiger partial charge in [0.05, 0.1) is 19.3 Å². The molecule has 0 aliphatic carbocycles. The molecule has 1 saturated heterocycles. The fourth-order valence-corrected chi connectivity index (χ4v) is 2.43. The monoisotopic (exact) mass is 291 g/mol. The molecule has 2 N–H and O–H groups in total. The first kappa shape index (κ1) is 15.2. The molecule has 2 rings (SSSR count). The largest absolute Gasteiger partial charge is 0.495 e. The average Bonchev–Trinajstić information content (AvgIpc) is 3.00. The van der Waals surface area contributed by atoms with E-state index in [2.05, 4.69) is 0 Å². The van der Waals surface area contributed by atoms with Crippen LogP contribution in [0.2, 0.25) is 0 Å². The maximum Gasteiger partial charge on any atom is 0.254 e. The number of hydrogen-bond acceptors (Lipinski definition) is 4. The zero-order valence-corrected chi connectivity index (χ0v) is 12.5. The highest BCUT2D eigenvalue weighted by Gasteiger charge is 2.22. The van der Waals surface area contributed by atoms with Gasteiger partial charge in [-0.3, -0.25) is 9.59 Å². The van der Waals surface area contributed by atoms with E-state index in [-0.39, 0.29) is 18.4 Å². The summed E-state index contributed by atoms with van der Waals surface area (Å²) in [6.45, 7) is 1.66. The van der Waals surface area contributed by atoms with Crippen molar-refractivity contribution in [3.8, 4) is 5.75 Å². The smallest absolute Gasteiger partial charge is 0.254 e. The maximum atomic E-state index is 12.3. The first-order chi connectivity index (χ1) is 10.0. The normalized spacial score (nSPS) is 14.1. The molecule has 1 fully saturated rings. The highest BCUT2D eigenvalue weighted by Crippen LogP contribution is 2.22. The third-order valence-corrected chi connectivity index (χ3v) is 3.65. The van der Waals surface area contributed by atoms with E-state index in [0.717, 1.165) is 25.9 Å². The van der Waals surface area contributed by atoms with Crippen LogP contribution >= 0.6 is 0 Å². The quantitative estimate of drug-likeness (QED) is 0.839. The number of methoxy groups -OCH3 is 1. The number of nitrogens with zero attached hydrogens (tertiary/aromatic N) is 2. The molecule has 114 valence electrons. The predicted octanol–water partition coefficient (Wildman–Crippen LogP) is 0.972. The molecular formula is C15H21N3O3. The van der Waals surface area contributed by atoms with Gasteiger partial charge in [-0.25, -0.2) is 0 Å². The highest BCUT2D eigenvalue weighted by atomic mass is 16.5. The van der Waals surface area contributed by atoms with Crippen LogP contribution in [0.4, 0.5) is 5.69 Å². The maximum absolute atomic E-state index is 12.3. The Kier molecular flexibility index (Phi) is 4.67. The molecule has 2 amide bonds. The molecule has 1 aliphatic rings. The summed E-state index contributed by atoms with van der Waals surface area (Å²) >= 11 is 0. The van der Waals surface area contributed by atoms with Gasteiger partial charge in [0.25, 0.3) is 5.91 Å². The zero-order valence-electron chi connectivity index (χ0n) is 12.5. The Balaban J connectivity index is 2.01. The number of nitrogens with two attached hydrogens (primary N) is 1. The topological polar surface area (TPSA) is 75.9 Å². The Morgan fingerprint density at radius 2 is 2.00 bits per heavy atom. The Labute approximate surface area is 124 Å². The second-order valence-electron chi connectivity index (χ2n) is 5.21. The minimum Gasteiger partial charge on any atom is -0.495 e. The fourth-order valence-electron chi connectivity index (χ4n) is 2.43. The summed E-state index contributed by atoms with van der Waals surface area (Å²) in [5.41, 5.74) is 6.65. The van der Waals surface area contributed by atoms with Crippen LogP contribution in [0.1, 0.15) is 23.2 Å². The van der Waals surface area contributed by atoms with E-state index in [1.54, 1.807) is 30.1 Å². The summed E-state index contributed by atoms with van der Waals surface area (Å²) in [5.74, 6) is 0.295.